The Balaban J connectivity index is 1.58. The van der Waals surface area contributed by atoms with Gasteiger partial charge in [0, 0.05) is 11.3 Å². The quantitative estimate of drug-likeness (QED) is 0.739. The van der Waals surface area contributed by atoms with Crippen molar-refractivity contribution < 1.29 is 9.90 Å². The van der Waals surface area contributed by atoms with Crippen LogP contribution in [0, 0.1) is 6.92 Å². The van der Waals surface area contributed by atoms with E-state index in [2.05, 4.69) is 20.8 Å². The van der Waals surface area contributed by atoms with E-state index < -0.39 is 12.0 Å². The van der Waals surface area contributed by atoms with E-state index in [1.54, 1.807) is 30.3 Å². The van der Waals surface area contributed by atoms with Crippen LogP contribution in [0.4, 0.5) is 5.69 Å². The lowest BCUT2D eigenvalue weighted by atomic mass is 10.1. The monoisotopic (exact) mass is 349 g/mol. The van der Waals surface area contributed by atoms with Gasteiger partial charge in [-0.3, -0.25) is 4.79 Å². The molecular formula is C19H19N5O2. The zero-order valence-corrected chi connectivity index (χ0v) is 14.3. The molecule has 1 atom stereocenters. The number of nitrogens with zero attached hydrogens (tertiary/aromatic N) is 4. The molecule has 0 radical (unpaired) electrons. The van der Waals surface area contributed by atoms with E-state index in [9.17, 15) is 9.90 Å². The van der Waals surface area contributed by atoms with Gasteiger partial charge >= 0.3 is 0 Å². The maximum absolute atomic E-state index is 12.4. The van der Waals surface area contributed by atoms with Crippen LogP contribution in [-0.2, 0) is 4.79 Å². The number of hydrogen-bond acceptors (Lipinski definition) is 5. The Hall–Kier alpha value is -3.06. The minimum Gasteiger partial charge on any atom is -0.378 e. The molecule has 0 saturated heterocycles. The first-order valence-corrected chi connectivity index (χ1v) is 8.56. The van der Waals surface area contributed by atoms with Crippen LogP contribution >= 0.6 is 0 Å². The summed E-state index contributed by atoms with van der Waals surface area (Å²) >= 11 is 0. The summed E-state index contributed by atoms with van der Waals surface area (Å²) in [5.74, 6) is 0.220. The molecule has 7 nitrogen and oxygen atoms in total. The second-order valence-corrected chi connectivity index (χ2v) is 6.51. The van der Waals surface area contributed by atoms with Crippen molar-refractivity contribution >= 4 is 11.6 Å². The number of aryl methyl sites for hydroxylation is 1. The van der Waals surface area contributed by atoms with Crippen LogP contribution in [0.25, 0.3) is 11.4 Å². The molecule has 0 aliphatic heterocycles. The van der Waals surface area contributed by atoms with Crippen molar-refractivity contribution in [3.63, 3.8) is 0 Å². The van der Waals surface area contributed by atoms with Gasteiger partial charge in [0.1, 0.15) is 0 Å². The van der Waals surface area contributed by atoms with Gasteiger partial charge in [-0.25, -0.2) is 4.68 Å². The molecule has 3 aromatic rings. The van der Waals surface area contributed by atoms with Gasteiger partial charge in [0.15, 0.2) is 11.9 Å². The van der Waals surface area contributed by atoms with Gasteiger partial charge in [-0.05, 0) is 53.5 Å². The van der Waals surface area contributed by atoms with Crippen molar-refractivity contribution in [2.24, 2.45) is 0 Å². The van der Waals surface area contributed by atoms with E-state index in [1.807, 2.05) is 29.8 Å². The Morgan fingerprint density at radius 3 is 2.73 bits per heavy atom. The van der Waals surface area contributed by atoms with Gasteiger partial charge in [0.25, 0.3) is 5.91 Å². The molecule has 7 heteroatoms. The topological polar surface area (TPSA) is 92.9 Å². The fourth-order valence-electron chi connectivity index (χ4n) is 2.87. The minimum atomic E-state index is -1.22. The number of aliphatic hydroxyl groups is 1. The van der Waals surface area contributed by atoms with Crippen LogP contribution < -0.4 is 5.32 Å². The van der Waals surface area contributed by atoms with E-state index in [-0.39, 0.29) is 0 Å². The highest BCUT2D eigenvalue weighted by Crippen LogP contribution is 2.37. The highest BCUT2D eigenvalue weighted by Gasteiger charge is 2.28. The summed E-state index contributed by atoms with van der Waals surface area (Å²) < 4.78 is 1.84. The predicted octanol–water partition coefficient (Wildman–Crippen LogP) is 2.66. The normalized spacial score (nSPS) is 14.8. The highest BCUT2D eigenvalue weighted by atomic mass is 16.3. The molecule has 2 aromatic carbocycles. The third-order valence-corrected chi connectivity index (χ3v) is 4.50. The Kier molecular flexibility index (Phi) is 4.22. The molecule has 1 fully saturated rings. The molecular weight excluding hydrogens is 330 g/mol. The maximum Gasteiger partial charge on any atom is 0.257 e. The number of aliphatic hydroxyl groups excluding tert-OH is 1. The second-order valence-electron chi connectivity index (χ2n) is 6.51. The second kappa shape index (κ2) is 6.68. The number of tetrazole rings is 1. The Labute approximate surface area is 150 Å². The van der Waals surface area contributed by atoms with Crippen LogP contribution in [0.3, 0.4) is 0 Å². The molecule has 1 unspecified atom stereocenters. The van der Waals surface area contributed by atoms with E-state index in [0.29, 0.717) is 23.1 Å². The summed E-state index contributed by atoms with van der Waals surface area (Å²) in [6.45, 7) is 1.98. The molecule has 1 aliphatic rings. The Morgan fingerprint density at radius 2 is 2.00 bits per heavy atom. The number of nitrogens with one attached hydrogen (secondary N) is 1. The molecule has 0 bridgehead atoms. The molecule has 1 aromatic heterocycles. The van der Waals surface area contributed by atoms with Gasteiger partial charge < -0.3 is 10.4 Å². The summed E-state index contributed by atoms with van der Waals surface area (Å²) in [6, 6.07) is 14.8. The fourth-order valence-corrected chi connectivity index (χ4v) is 2.87. The standard InChI is InChI=1S/C19H19N5O2/c1-12-7-8-14(20-19(26)17(25)13-5-3-2-4-6-13)11-16(12)18-21-22-23-24(18)15-9-10-15/h2-8,11,15,17,25H,9-10H2,1H3,(H,20,26). The summed E-state index contributed by atoms with van der Waals surface area (Å²) in [4.78, 5) is 12.4. The summed E-state index contributed by atoms with van der Waals surface area (Å²) in [5.41, 5.74) is 3.03. The zero-order chi connectivity index (χ0) is 18.1. The van der Waals surface area contributed by atoms with Crippen LogP contribution in [0.2, 0.25) is 0 Å². The zero-order valence-electron chi connectivity index (χ0n) is 14.3. The summed E-state index contributed by atoms with van der Waals surface area (Å²) in [5, 5.41) is 25.0. The van der Waals surface area contributed by atoms with E-state index in [4.69, 9.17) is 0 Å². The minimum absolute atomic E-state index is 0.359. The predicted molar refractivity (Wildman–Crippen MR) is 96.3 cm³/mol. The van der Waals surface area contributed by atoms with E-state index in [0.717, 1.165) is 24.0 Å². The van der Waals surface area contributed by atoms with Crippen molar-refractivity contribution in [3.8, 4) is 11.4 Å². The van der Waals surface area contributed by atoms with Gasteiger partial charge in [0.2, 0.25) is 0 Å². The van der Waals surface area contributed by atoms with Gasteiger partial charge in [0.05, 0.1) is 6.04 Å². The molecule has 1 aliphatic carbocycles. The molecule has 1 saturated carbocycles. The van der Waals surface area contributed by atoms with Gasteiger partial charge in [-0.1, -0.05) is 36.4 Å². The number of hydrogen-bond donors (Lipinski definition) is 2. The summed E-state index contributed by atoms with van der Waals surface area (Å²) in [7, 11) is 0. The number of aromatic nitrogens is 4. The molecule has 2 N–H and O–H groups in total. The molecule has 1 heterocycles. The number of benzene rings is 2. The number of carbonyl (C=O) groups is 1. The number of anilines is 1. The lowest BCUT2D eigenvalue weighted by Gasteiger charge is -2.13. The first-order chi connectivity index (χ1) is 12.6. The van der Waals surface area contributed by atoms with E-state index in [1.165, 1.54) is 0 Å². The maximum atomic E-state index is 12.4. The van der Waals surface area contributed by atoms with Crippen LogP contribution in [0.1, 0.15) is 36.1 Å². The van der Waals surface area contributed by atoms with E-state index >= 15 is 0 Å². The molecule has 1 amide bonds. The highest BCUT2D eigenvalue weighted by molar-refractivity contribution is 5.95. The van der Waals surface area contributed by atoms with Crippen molar-refractivity contribution in [1.29, 1.82) is 0 Å². The molecule has 26 heavy (non-hydrogen) atoms. The Morgan fingerprint density at radius 1 is 1.23 bits per heavy atom. The van der Waals surface area contributed by atoms with Crippen LogP contribution in [-0.4, -0.2) is 31.2 Å². The first-order valence-electron chi connectivity index (χ1n) is 8.56. The summed E-state index contributed by atoms with van der Waals surface area (Å²) in [6.07, 6.45) is 0.936. The lowest BCUT2D eigenvalue weighted by molar-refractivity contribution is -0.124. The van der Waals surface area contributed by atoms with Gasteiger partial charge in [-0.15, -0.1) is 5.10 Å². The van der Waals surface area contributed by atoms with Crippen molar-refractivity contribution in [1.82, 2.24) is 20.2 Å². The average Bonchev–Trinajstić information content (AvgIpc) is 3.40. The smallest absolute Gasteiger partial charge is 0.257 e. The number of rotatable bonds is 5. The largest absolute Gasteiger partial charge is 0.378 e. The number of amides is 1. The lowest BCUT2D eigenvalue weighted by Crippen LogP contribution is -2.20. The van der Waals surface area contributed by atoms with Crippen LogP contribution in [0.5, 0.6) is 0 Å². The fraction of sp³-hybridized carbons (Fsp3) is 0.263. The molecule has 4 rings (SSSR count). The van der Waals surface area contributed by atoms with Crippen molar-refractivity contribution in [3.05, 3.63) is 59.7 Å². The third-order valence-electron chi connectivity index (χ3n) is 4.50. The first kappa shape index (κ1) is 16.4. The third kappa shape index (κ3) is 3.21. The molecule has 0 spiro atoms. The van der Waals surface area contributed by atoms with Crippen molar-refractivity contribution in [2.75, 3.05) is 5.32 Å². The average molecular weight is 349 g/mol. The SMILES string of the molecule is Cc1ccc(NC(=O)C(O)c2ccccc2)cc1-c1nnnn1C1CC1. The van der Waals surface area contributed by atoms with Gasteiger partial charge in [-0.2, -0.15) is 0 Å². The van der Waals surface area contributed by atoms with Crippen molar-refractivity contribution in [2.45, 2.75) is 31.9 Å². The Bertz CT molecular complexity index is 934. The molecule has 132 valence electrons. The van der Waals surface area contributed by atoms with Crippen LogP contribution in [0.15, 0.2) is 48.5 Å². The number of carbonyl (C=O) groups excluding carboxylic acids is 1.